The average Bonchev–Trinajstić information content (AvgIpc) is 2.45. The number of ether oxygens (including phenoxy) is 1. The van der Waals surface area contributed by atoms with Crippen LogP contribution in [-0.2, 0) is 10.0 Å². The molecule has 0 amide bonds. The highest BCUT2D eigenvalue weighted by molar-refractivity contribution is 7.89. The molecule has 1 fully saturated rings. The van der Waals surface area contributed by atoms with E-state index in [-0.39, 0.29) is 6.04 Å². The van der Waals surface area contributed by atoms with Crippen molar-refractivity contribution in [1.82, 2.24) is 9.62 Å². The lowest BCUT2D eigenvalue weighted by molar-refractivity contribution is 0.309. The molecule has 2 rings (SSSR count). The van der Waals surface area contributed by atoms with Crippen LogP contribution in [0.5, 0.6) is 5.75 Å². The Morgan fingerprint density at radius 3 is 2.65 bits per heavy atom. The highest BCUT2D eigenvalue weighted by Crippen LogP contribution is 2.20. The zero-order valence-electron chi connectivity index (χ0n) is 12.0. The summed E-state index contributed by atoms with van der Waals surface area (Å²) in [4.78, 5) is 0.329. The molecule has 112 valence electrons. The van der Waals surface area contributed by atoms with E-state index in [2.05, 4.69) is 5.32 Å². The van der Waals surface area contributed by atoms with E-state index in [1.54, 1.807) is 24.3 Å². The number of sulfonamides is 1. The Bertz CT molecular complexity index is 528. The lowest BCUT2D eigenvalue weighted by Gasteiger charge is -2.31. The average molecular weight is 298 g/mol. The third kappa shape index (κ3) is 3.50. The Labute approximate surface area is 121 Å². The summed E-state index contributed by atoms with van der Waals surface area (Å²) < 4.78 is 32.0. The van der Waals surface area contributed by atoms with Gasteiger partial charge in [-0.05, 0) is 37.6 Å². The molecule has 1 aromatic rings. The van der Waals surface area contributed by atoms with Crippen LogP contribution < -0.4 is 10.1 Å². The first kappa shape index (κ1) is 15.3. The molecule has 0 saturated carbocycles. The van der Waals surface area contributed by atoms with Gasteiger partial charge < -0.3 is 10.1 Å². The van der Waals surface area contributed by atoms with Crippen LogP contribution >= 0.6 is 0 Å². The van der Waals surface area contributed by atoms with Crippen LogP contribution in [0.1, 0.15) is 20.3 Å². The molecular weight excluding hydrogens is 276 g/mol. The fourth-order valence-corrected chi connectivity index (χ4v) is 3.72. The molecule has 5 nitrogen and oxygen atoms in total. The summed E-state index contributed by atoms with van der Waals surface area (Å²) in [5.74, 6) is 0.708. The van der Waals surface area contributed by atoms with E-state index in [9.17, 15) is 8.42 Å². The van der Waals surface area contributed by atoms with Crippen molar-refractivity contribution < 1.29 is 13.2 Å². The van der Waals surface area contributed by atoms with Crippen LogP contribution in [0.25, 0.3) is 0 Å². The summed E-state index contributed by atoms with van der Waals surface area (Å²) in [5.41, 5.74) is 0. The molecule has 20 heavy (non-hydrogen) atoms. The zero-order chi connectivity index (χ0) is 14.6. The molecule has 1 N–H and O–H groups in total. The van der Waals surface area contributed by atoms with Gasteiger partial charge in [0.15, 0.2) is 0 Å². The quantitative estimate of drug-likeness (QED) is 0.894. The third-order valence-electron chi connectivity index (χ3n) is 3.27. The fraction of sp³-hybridized carbons (Fsp3) is 0.571. The van der Waals surface area contributed by atoms with Gasteiger partial charge in [-0.25, -0.2) is 8.42 Å². The molecular formula is C14H22N2O3S. The molecule has 0 radical (unpaired) electrons. The predicted octanol–water partition coefficient (Wildman–Crippen LogP) is 1.46. The van der Waals surface area contributed by atoms with Crippen molar-refractivity contribution in [1.29, 1.82) is 0 Å². The first-order chi connectivity index (χ1) is 9.54. The molecule has 0 bridgehead atoms. The minimum Gasteiger partial charge on any atom is -0.494 e. The van der Waals surface area contributed by atoms with Gasteiger partial charge in [0.1, 0.15) is 5.75 Å². The van der Waals surface area contributed by atoms with Gasteiger partial charge in [0, 0.05) is 25.7 Å². The van der Waals surface area contributed by atoms with Crippen LogP contribution in [0.2, 0.25) is 0 Å². The highest BCUT2D eigenvalue weighted by Gasteiger charge is 2.28. The van der Waals surface area contributed by atoms with Gasteiger partial charge in [0.05, 0.1) is 11.5 Å². The van der Waals surface area contributed by atoms with E-state index >= 15 is 0 Å². The molecule has 0 unspecified atom stereocenters. The molecule has 1 atom stereocenters. The van der Waals surface area contributed by atoms with E-state index in [4.69, 9.17) is 4.74 Å². The van der Waals surface area contributed by atoms with Gasteiger partial charge in [-0.2, -0.15) is 4.31 Å². The number of nitrogens with one attached hydrogen (secondary N) is 1. The lowest BCUT2D eigenvalue weighted by Crippen LogP contribution is -2.51. The summed E-state index contributed by atoms with van der Waals surface area (Å²) in [6, 6.07) is 6.85. The standard InChI is InChI=1S/C14H22N2O3S/c1-3-10-19-13-4-6-14(7-5-13)20(17,18)16-9-8-15-12(2)11-16/h4-7,12,15H,3,8-11H2,1-2H3/t12-/m1/s1. The van der Waals surface area contributed by atoms with Gasteiger partial charge in [0.2, 0.25) is 10.0 Å². The summed E-state index contributed by atoms with van der Waals surface area (Å²) in [5, 5.41) is 3.24. The van der Waals surface area contributed by atoms with Crippen molar-refractivity contribution in [2.75, 3.05) is 26.2 Å². The Hall–Kier alpha value is -1.11. The SMILES string of the molecule is CCCOc1ccc(S(=O)(=O)N2CCN[C@H](C)C2)cc1. The highest BCUT2D eigenvalue weighted by atomic mass is 32.2. The molecule has 1 aromatic carbocycles. The second-order valence-electron chi connectivity index (χ2n) is 5.04. The van der Waals surface area contributed by atoms with Crippen molar-refractivity contribution in [3.05, 3.63) is 24.3 Å². The van der Waals surface area contributed by atoms with Gasteiger partial charge in [-0.3, -0.25) is 0 Å². The van der Waals surface area contributed by atoms with Crippen molar-refractivity contribution >= 4 is 10.0 Å². The van der Waals surface area contributed by atoms with Crippen molar-refractivity contribution in [3.8, 4) is 5.75 Å². The van der Waals surface area contributed by atoms with E-state index in [0.717, 1.165) is 6.42 Å². The molecule has 1 aliphatic heterocycles. The lowest BCUT2D eigenvalue weighted by atomic mass is 10.3. The smallest absolute Gasteiger partial charge is 0.243 e. The van der Waals surface area contributed by atoms with Crippen molar-refractivity contribution in [2.45, 2.75) is 31.2 Å². The van der Waals surface area contributed by atoms with Crippen LogP contribution in [0.4, 0.5) is 0 Å². The first-order valence-corrected chi connectivity index (χ1v) is 8.44. The number of hydrogen-bond acceptors (Lipinski definition) is 4. The Balaban J connectivity index is 2.12. The van der Waals surface area contributed by atoms with Crippen LogP contribution in [0.3, 0.4) is 0 Å². The minimum atomic E-state index is -3.39. The Morgan fingerprint density at radius 1 is 1.35 bits per heavy atom. The molecule has 0 aliphatic carbocycles. The summed E-state index contributed by atoms with van der Waals surface area (Å²) >= 11 is 0. The normalized spacial score (nSPS) is 20.8. The molecule has 6 heteroatoms. The van der Waals surface area contributed by atoms with Gasteiger partial charge in [-0.1, -0.05) is 6.92 Å². The van der Waals surface area contributed by atoms with Gasteiger partial charge >= 0.3 is 0 Å². The number of benzene rings is 1. The second-order valence-corrected chi connectivity index (χ2v) is 6.98. The maximum atomic E-state index is 12.5. The van der Waals surface area contributed by atoms with Crippen molar-refractivity contribution in [3.63, 3.8) is 0 Å². The number of nitrogens with zero attached hydrogens (tertiary/aromatic N) is 1. The van der Waals surface area contributed by atoms with Gasteiger partial charge in [0.25, 0.3) is 0 Å². The van der Waals surface area contributed by atoms with Gasteiger partial charge in [-0.15, -0.1) is 0 Å². The number of piperazine rings is 1. The summed E-state index contributed by atoms with van der Waals surface area (Å²) in [6.45, 7) is 6.38. The fourth-order valence-electron chi connectivity index (χ4n) is 2.19. The maximum absolute atomic E-state index is 12.5. The molecule has 1 saturated heterocycles. The Morgan fingerprint density at radius 2 is 2.05 bits per heavy atom. The number of hydrogen-bond donors (Lipinski definition) is 1. The molecule has 0 aromatic heterocycles. The summed E-state index contributed by atoms with van der Waals surface area (Å²) in [7, 11) is -3.39. The monoisotopic (exact) mass is 298 g/mol. The maximum Gasteiger partial charge on any atom is 0.243 e. The van der Waals surface area contributed by atoms with Crippen LogP contribution in [0, 0.1) is 0 Å². The van der Waals surface area contributed by atoms with E-state index in [0.29, 0.717) is 36.9 Å². The van der Waals surface area contributed by atoms with Crippen LogP contribution in [-0.4, -0.2) is 45.0 Å². The Kier molecular flexibility index (Phi) is 5.01. The third-order valence-corrected chi connectivity index (χ3v) is 5.15. The summed E-state index contributed by atoms with van der Waals surface area (Å²) in [6.07, 6.45) is 0.929. The van der Waals surface area contributed by atoms with E-state index in [1.807, 2.05) is 13.8 Å². The topological polar surface area (TPSA) is 58.6 Å². The second kappa shape index (κ2) is 6.56. The predicted molar refractivity (Wildman–Crippen MR) is 78.5 cm³/mol. The van der Waals surface area contributed by atoms with Crippen LogP contribution in [0.15, 0.2) is 29.2 Å². The van der Waals surface area contributed by atoms with E-state index < -0.39 is 10.0 Å². The minimum absolute atomic E-state index is 0.186. The zero-order valence-corrected chi connectivity index (χ0v) is 12.8. The molecule has 1 heterocycles. The first-order valence-electron chi connectivity index (χ1n) is 7.00. The van der Waals surface area contributed by atoms with E-state index in [1.165, 1.54) is 4.31 Å². The largest absolute Gasteiger partial charge is 0.494 e. The molecule has 1 aliphatic rings. The molecule has 0 spiro atoms. The number of rotatable bonds is 5. The van der Waals surface area contributed by atoms with Crippen molar-refractivity contribution in [2.24, 2.45) is 0 Å².